The highest BCUT2D eigenvalue weighted by Crippen LogP contribution is 2.36. The summed E-state index contributed by atoms with van der Waals surface area (Å²) >= 11 is 1.61. The zero-order valence-corrected chi connectivity index (χ0v) is 21.4. The maximum atomic E-state index is 13.6. The lowest BCUT2D eigenvalue weighted by molar-refractivity contribution is -0.158. The fraction of sp³-hybridized carbons (Fsp3) is 0.393. The van der Waals surface area contributed by atoms with E-state index < -0.39 is 5.60 Å². The van der Waals surface area contributed by atoms with E-state index in [1.165, 1.54) is 0 Å². The van der Waals surface area contributed by atoms with Gasteiger partial charge in [-0.1, -0.05) is 30.3 Å². The van der Waals surface area contributed by atoms with Crippen LogP contribution in [0.4, 0.5) is 0 Å². The molecule has 37 heavy (non-hydrogen) atoms. The van der Waals surface area contributed by atoms with E-state index in [2.05, 4.69) is 10.3 Å². The van der Waals surface area contributed by atoms with Gasteiger partial charge in [0.05, 0.1) is 11.7 Å². The van der Waals surface area contributed by atoms with Gasteiger partial charge >= 0.3 is 0 Å². The molecule has 5 heterocycles. The van der Waals surface area contributed by atoms with Crippen LogP contribution < -0.4 is 10.9 Å². The SMILES string of the molecule is O=C(N1CCC(Cn2cnc3c(ccn3-c3cccs3)c2=O)CC1)[C@@]1(O)CCNC[C@H]1c1ccccc1. The molecule has 0 saturated carbocycles. The van der Waals surface area contributed by atoms with Crippen LogP contribution in [0.5, 0.6) is 0 Å². The standard InChI is InChI=1S/C28H31N5O3S/c34-26-22-10-15-33(24-7-4-16-37-24)25(22)30-19-32(26)18-20-8-13-31(14-9-20)27(35)28(36)11-12-29-17-23(28)21-5-2-1-3-6-21/h1-7,10,15-16,19-20,23,29,36H,8-9,11-14,17-18H2/t23-,28+/m0/s1. The molecular formula is C28H31N5O3S. The molecule has 192 valence electrons. The molecular weight excluding hydrogens is 486 g/mol. The number of piperidine rings is 2. The number of hydrogen-bond acceptors (Lipinski definition) is 6. The first kappa shape index (κ1) is 24.1. The number of rotatable bonds is 5. The molecule has 9 heteroatoms. The molecule has 2 N–H and O–H groups in total. The highest BCUT2D eigenvalue weighted by molar-refractivity contribution is 7.12. The van der Waals surface area contributed by atoms with Crippen LogP contribution in [0.3, 0.4) is 0 Å². The van der Waals surface area contributed by atoms with Gasteiger partial charge in [-0.3, -0.25) is 18.7 Å². The van der Waals surface area contributed by atoms with E-state index >= 15 is 0 Å². The number of carbonyl (C=O) groups is 1. The third-order valence-electron chi connectivity index (χ3n) is 7.95. The van der Waals surface area contributed by atoms with E-state index in [0.29, 0.717) is 50.2 Å². The van der Waals surface area contributed by atoms with Crippen molar-refractivity contribution in [3.8, 4) is 5.00 Å². The quantitative estimate of drug-likeness (QED) is 0.425. The molecule has 2 atom stereocenters. The number of aromatic nitrogens is 3. The van der Waals surface area contributed by atoms with Crippen molar-refractivity contribution in [2.75, 3.05) is 26.2 Å². The number of carbonyl (C=O) groups excluding carboxylic acids is 1. The van der Waals surface area contributed by atoms with Crippen molar-refractivity contribution in [2.45, 2.75) is 37.3 Å². The largest absolute Gasteiger partial charge is 0.379 e. The molecule has 6 rings (SSSR count). The Kier molecular flexibility index (Phi) is 6.44. The number of hydrogen-bond donors (Lipinski definition) is 2. The molecule has 0 spiro atoms. The Labute approximate surface area is 219 Å². The van der Waals surface area contributed by atoms with Crippen LogP contribution in [0.1, 0.15) is 30.7 Å². The zero-order chi connectivity index (χ0) is 25.4. The number of benzene rings is 1. The first-order valence-corrected chi connectivity index (χ1v) is 13.8. The summed E-state index contributed by atoms with van der Waals surface area (Å²) in [4.78, 5) is 33.2. The number of fused-ring (bicyclic) bond motifs is 1. The van der Waals surface area contributed by atoms with Crippen molar-refractivity contribution in [3.05, 3.63) is 82.4 Å². The summed E-state index contributed by atoms with van der Waals surface area (Å²) in [6.45, 7) is 2.94. The fourth-order valence-electron chi connectivity index (χ4n) is 5.84. The number of amides is 1. The number of nitrogens with one attached hydrogen (secondary N) is 1. The van der Waals surface area contributed by atoms with Crippen molar-refractivity contribution in [2.24, 2.45) is 5.92 Å². The van der Waals surface area contributed by atoms with Crippen molar-refractivity contribution in [1.29, 1.82) is 0 Å². The van der Waals surface area contributed by atoms with Crippen LogP contribution >= 0.6 is 11.3 Å². The Bertz CT molecular complexity index is 1440. The summed E-state index contributed by atoms with van der Waals surface area (Å²) in [6.07, 6.45) is 5.52. The maximum absolute atomic E-state index is 13.6. The second-order valence-electron chi connectivity index (χ2n) is 10.2. The highest BCUT2D eigenvalue weighted by atomic mass is 32.1. The maximum Gasteiger partial charge on any atom is 0.262 e. The van der Waals surface area contributed by atoms with Gasteiger partial charge in [0.2, 0.25) is 0 Å². The van der Waals surface area contributed by atoms with Gasteiger partial charge in [-0.05, 0) is 60.9 Å². The van der Waals surface area contributed by atoms with E-state index in [9.17, 15) is 14.7 Å². The normalized spacial score (nSPS) is 22.9. The number of thiophene rings is 1. The van der Waals surface area contributed by atoms with Crippen LogP contribution in [-0.2, 0) is 11.3 Å². The van der Waals surface area contributed by atoms with Gasteiger partial charge in [-0.25, -0.2) is 4.98 Å². The summed E-state index contributed by atoms with van der Waals surface area (Å²) < 4.78 is 3.65. The number of nitrogens with zero attached hydrogens (tertiary/aromatic N) is 4. The Balaban J connectivity index is 1.13. The predicted octanol–water partition coefficient (Wildman–Crippen LogP) is 3.00. The van der Waals surface area contributed by atoms with Gasteiger partial charge in [0.25, 0.3) is 11.5 Å². The van der Waals surface area contributed by atoms with Crippen LogP contribution in [0, 0.1) is 5.92 Å². The van der Waals surface area contributed by atoms with E-state index in [-0.39, 0.29) is 23.3 Å². The Morgan fingerprint density at radius 1 is 1.14 bits per heavy atom. The predicted molar refractivity (Wildman–Crippen MR) is 144 cm³/mol. The van der Waals surface area contributed by atoms with Crippen LogP contribution in [0.2, 0.25) is 0 Å². The van der Waals surface area contributed by atoms with Gasteiger partial charge in [-0.2, -0.15) is 0 Å². The van der Waals surface area contributed by atoms with E-state index in [0.717, 1.165) is 23.4 Å². The van der Waals surface area contributed by atoms with Crippen molar-refractivity contribution in [3.63, 3.8) is 0 Å². The van der Waals surface area contributed by atoms with Gasteiger partial charge in [0.15, 0.2) is 11.2 Å². The first-order chi connectivity index (χ1) is 18.0. The molecule has 0 bridgehead atoms. The van der Waals surface area contributed by atoms with E-state index in [1.54, 1.807) is 22.2 Å². The summed E-state index contributed by atoms with van der Waals surface area (Å²) in [6, 6.07) is 15.6. The first-order valence-electron chi connectivity index (χ1n) is 12.9. The minimum atomic E-state index is -1.40. The van der Waals surface area contributed by atoms with E-state index in [4.69, 9.17) is 0 Å². The zero-order valence-electron chi connectivity index (χ0n) is 20.6. The molecule has 3 aromatic heterocycles. The molecule has 4 aromatic rings. The summed E-state index contributed by atoms with van der Waals surface area (Å²) in [5.74, 6) is -0.171. The third-order valence-corrected chi connectivity index (χ3v) is 8.82. The molecule has 2 saturated heterocycles. The highest BCUT2D eigenvalue weighted by Gasteiger charge is 2.48. The molecule has 0 aliphatic carbocycles. The van der Waals surface area contributed by atoms with Crippen LogP contribution in [0.15, 0.2) is 71.2 Å². The van der Waals surface area contributed by atoms with Gasteiger partial charge in [-0.15, -0.1) is 11.3 Å². The van der Waals surface area contributed by atoms with Crippen molar-refractivity contribution in [1.82, 2.24) is 24.3 Å². The molecule has 2 fully saturated rings. The molecule has 0 radical (unpaired) electrons. The lowest BCUT2D eigenvalue weighted by atomic mass is 9.76. The Morgan fingerprint density at radius 3 is 2.70 bits per heavy atom. The summed E-state index contributed by atoms with van der Waals surface area (Å²) in [5, 5.41) is 18.6. The monoisotopic (exact) mass is 517 g/mol. The molecule has 1 amide bonds. The molecule has 0 unspecified atom stereocenters. The average Bonchev–Trinajstić information content (AvgIpc) is 3.61. The fourth-order valence-corrected chi connectivity index (χ4v) is 6.56. The van der Waals surface area contributed by atoms with Gasteiger partial charge in [0, 0.05) is 38.3 Å². The summed E-state index contributed by atoms with van der Waals surface area (Å²) in [7, 11) is 0. The second-order valence-corrected chi connectivity index (χ2v) is 11.1. The van der Waals surface area contributed by atoms with Gasteiger partial charge < -0.3 is 15.3 Å². The van der Waals surface area contributed by atoms with Crippen LogP contribution in [0.25, 0.3) is 16.0 Å². The molecule has 2 aliphatic rings. The number of likely N-dealkylation sites (tertiary alicyclic amines) is 1. The van der Waals surface area contributed by atoms with E-state index in [1.807, 2.05) is 69.6 Å². The van der Waals surface area contributed by atoms with Crippen molar-refractivity contribution >= 4 is 28.3 Å². The molecule has 2 aliphatic heterocycles. The lowest BCUT2D eigenvalue weighted by Crippen LogP contribution is -2.59. The third kappa shape index (κ3) is 4.41. The summed E-state index contributed by atoms with van der Waals surface area (Å²) in [5.41, 5.74) is 0.220. The number of aliphatic hydroxyl groups is 1. The lowest BCUT2D eigenvalue weighted by Gasteiger charge is -2.43. The smallest absolute Gasteiger partial charge is 0.262 e. The minimum Gasteiger partial charge on any atom is -0.379 e. The Morgan fingerprint density at radius 2 is 1.95 bits per heavy atom. The topological polar surface area (TPSA) is 92.4 Å². The van der Waals surface area contributed by atoms with Gasteiger partial charge in [0.1, 0.15) is 5.00 Å². The average molecular weight is 518 g/mol. The molecule has 8 nitrogen and oxygen atoms in total. The minimum absolute atomic E-state index is 0.0338. The molecule has 1 aromatic carbocycles. The van der Waals surface area contributed by atoms with Crippen molar-refractivity contribution < 1.29 is 9.90 Å². The van der Waals surface area contributed by atoms with Crippen LogP contribution in [-0.4, -0.2) is 61.8 Å². The second kappa shape index (κ2) is 9.89. The Hall–Kier alpha value is -3.27.